The van der Waals surface area contributed by atoms with Crippen LogP contribution in [0.1, 0.15) is 47.0 Å². The van der Waals surface area contributed by atoms with Gasteiger partial charge in [0.1, 0.15) is 0 Å². The SMILES string of the molecule is CCC(CC)(CNC(=O)NC(CC(=O)O)C(C)C)SC. The van der Waals surface area contributed by atoms with Crippen LogP contribution in [0.5, 0.6) is 0 Å². The molecular formula is C14H28N2O3S. The van der Waals surface area contributed by atoms with Gasteiger partial charge < -0.3 is 15.7 Å². The average Bonchev–Trinajstić information content (AvgIpc) is 2.39. The molecule has 118 valence electrons. The lowest BCUT2D eigenvalue weighted by atomic mass is 10.0. The van der Waals surface area contributed by atoms with Gasteiger partial charge in [-0.2, -0.15) is 11.8 Å². The summed E-state index contributed by atoms with van der Waals surface area (Å²) in [6.45, 7) is 8.61. The normalized spacial score (nSPS) is 13.1. The highest BCUT2D eigenvalue weighted by atomic mass is 32.2. The number of carbonyl (C=O) groups is 2. The number of hydrogen-bond donors (Lipinski definition) is 3. The molecule has 0 saturated heterocycles. The molecule has 20 heavy (non-hydrogen) atoms. The third-order valence-electron chi connectivity index (χ3n) is 3.81. The molecule has 0 saturated carbocycles. The van der Waals surface area contributed by atoms with Crippen LogP contribution >= 0.6 is 11.8 Å². The third-order valence-corrected chi connectivity index (χ3v) is 5.40. The van der Waals surface area contributed by atoms with E-state index in [2.05, 4.69) is 24.5 Å². The van der Waals surface area contributed by atoms with E-state index in [9.17, 15) is 9.59 Å². The number of rotatable bonds is 9. The lowest BCUT2D eigenvalue weighted by Gasteiger charge is -2.30. The molecule has 0 heterocycles. The van der Waals surface area contributed by atoms with E-state index in [1.165, 1.54) is 0 Å². The zero-order valence-electron chi connectivity index (χ0n) is 13.2. The van der Waals surface area contributed by atoms with Gasteiger partial charge in [-0.05, 0) is 25.0 Å². The van der Waals surface area contributed by atoms with Crippen LogP contribution in [0.25, 0.3) is 0 Å². The molecule has 0 fully saturated rings. The Kier molecular flexibility index (Phi) is 8.69. The molecule has 0 aromatic carbocycles. The van der Waals surface area contributed by atoms with Crippen LogP contribution in [0.4, 0.5) is 4.79 Å². The van der Waals surface area contributed by atoms with Gasteiger partial charge in [0.15, 0.2) is 0 Å². The zero-order chi connectivity index (χ0) is 15.8. The molecule has 2 amide bonds. The van der Waals surface area contributed by atoms with Crippen molar-refractivity contribution in [1.82, 2.24) is 10.6 Å². The van der Waals surface area contributed by atoms with E-state index in [1.807, 2.05) is 20.1 Å². The molecule has 0 spiro atoms. The van der Waals surface area contributed by atoms with E-state index in [4.69, 9.17) is 5.11 Å². The highest BCUT2D eigenvalue weighted by Gasteiger charge is 2.26. The topological polar surface area (TPSA) is 78.4 Å². The summed E-state index contributed by atoms with van der Waals surface area (Å²) >= 11 is 1.76. The summed E-state index contributed by atoms with van der Waals surface area (Å²) in [5, 5.41) is 14.5. The van der Waals surface area contributed by atoms with E-state index in [-0.39, 0.29) is 29.2 Å². The Hall–Kier alpha value is -0.910. The van der Waals surface area contributed by atoms with Crippen LogP contribution in [-0.2, 0) is 4.79 Å². The summed E-state index contributed by atoms with van der Waals surface area (Å²) in [6.07, 6.45) is 3.95. The maximum Gasteiger partial charge on any atom is 0.315 e. The molecule has 0 rings (SSSR count). The summed E-state index contributed by atoms with van der Waals surface area (Å²) in [5.74, 6) is -0.816. The number of nitrogens with one attached hydrogen (secondary N) is 2. The van der Waals surface area contributed by atoms with Gasteiger partial charge in [-0.25, -0.2) is 4.79 Å². The van der Waals surface area contributed by atoms with Crippen molar-refractivity contribution >= 4 is 23.8 Å². The fourth-order valence-corrected chi connectivity index (χ4v) is 2.76. The van der Waals surface area contributed by atoms with Crippen molar-refractivity contribution in [1.29, 1.82) is 0 Å². The minimum absolute atomic E-state index is 0.0530. The Morgan fingerprint density at radius 2 is 1.80 bits per heavy atom. The van der Waals surface area contributed by atoms with E-state index in [0.717, 1.165) is 12.8 Å². The molecule has 0 aromatic heterocycles. The fourth-order valence-electron chi connectivity index (χ4n) is 1.96. The van der Waals surface area contributed by atoms with Crippen molar-refractivity contribution < 1.29 is 14.7 Å². The molecule has 1 atom stereocenters. The lowest BCUT2D eigenvalue weighted by molar-refractivity contribution is -0.137. The zero-order valence-corrected chi connectivity index (χ0v) is 14.0. The van der Waals surface area contributed by atoms with Gasteiger partial charge in [-0.15, -0.1) is 0 Å². The number of amides is 2. The molecule has 0 aliphatic rings. The highest BCUT2D eigenvalue weighted by molar-refractivity contribution is 8.00. The van der Waals surface area contributed by atoms with Crippen LogP contribution in [0, 0.1) is 5.92 Å². The first-order valence-corrected chi connectivity index (χ1v) is 8.34. The third kappa shape index (κ3) is 6.50. The van der Waals surface area contributed by atoms with Crippen LogP contribution in [0.15, 0.2) is 0 Å². The minimum atomic E-state index is -0.899. The van der Waals surface area contributed by atoms with Gasteiger partial charge in [0, 0.05) is 17.3 Å². The summed E-state index contributed by atoms with van der Waals surface area (Å²) in [6, 6.07) is -0.635. The second-order valence-electron chi connectivity index (χ2n) is 5.37. The number of carboxylic acid groups (broad SMARTS) is 1. The molecule has 6 heteroatoms. The van der Waals surface area contributed by atoms with Crippen molar-refractivity contribution in [2.24, 2.45) is 5.92 Å². The first-order valence-electron chi connectivity index (χ1n) is 7.11. The van der Waals surface area contributed by atoms with Gasteiger partial charge in [-0.1, -0.05) is 27.7 Å². The van der Waals surface area contributed by atoms with Gasteiger partial charge in [0.2, 0.25) is 0 Å². The lowest BCUT2D eigenvalue weighted by Crippen LogP contribution is -2.49. The van der Waals surface area contributed by atoms with Gasteiger partial charge in [0.05, 0.1) is 6.42 Å². The predicted octanol–water partition coefficient (Wildman–Crippen LogP) is 2.71. The standard InChI is InChI=1S/C14H28N2O3S/c1-6-14(7-2,20-5)9-15-13(19)16-11(10(3)4)8-12(17)18/h10-11H,6-9H2,1-5H3,(H,17,18)(H2,15,16,19). The Balaban J connectivity index is 4.42. The first kappa shape index (κ1) is 19.1. The fraction of sp³-hybridized carbons (Fsp3) is 0.857. The first-order chi connectivity index (χ1) is 9.30. The number of aliphatic carboxylic acids is 1. The minimum Gasteiger partial charge on any atom is -0.481 e. The number of carbonyl (C=O) groups excluding carboxylic acids is 1. The van der Waals surface area contributed by atoms with Crippen LogP contribution in [-0.4, -0.2) is 40.7 Å². The van der Waals surface area contributed by atoms with Crippen molar-refractivity contribution in [3.05, 3.63) is 0 Å². The summed E-state index contributed by atoms with van der Waals surface area (Å²) in [7, 11) is 0. The number of thioether (sulfide) groups is 1. The van der Waals surface area contributed by atoms with Gasteiger partial charge in [0.25, 0.3) is 0 Å². The second kappa shape index (κ2) is 9.10. The molecule has 0 radical (unpaired) electrons. The van der Waals surface area contributed by atoms with Crippen molar-refractivity contribution in [3.63, 3.8) is 0 Å². The van der Waals surface area contributed by atoms with Crippen molar-refractivity contribution in [2.75, 3.05) is 12.8 Å². The molecular weight excluding hydrogens is 276 g/mol. The van der Waals surface area contributed by atoms with Gasteiger partial charge >= 0.3 is 12.0 Å². The van der Waals surface area contributed by atoms with Crippen molar-refractivity contribution in [2.45, 2.75) is 57.7 Å². The van der Waals surface area contributed by atoms with E-state index in [0.29, 0.717) is 6.54 Å². The monoisotopic (exact) mass is 304 g/mol. The van der Waals surface area contributed by atoms with Crippen LogP contribution in [0.2, 0.25) is 0 Å². The molecule has 0 aliphatic carbocycles. The number of carboxylic acids is 1. The van der Waals surface area contributed by atoms with Gasteiger partial charge in [-0.3, -0.25) is 4.79 Å². The molecule has 0 aromatic rings. The van der Waals surface area contributed by atoms with E-state index in [1.54, 1.807) is 11.8 Å². The van der Waals surface area contributed by atoms with E-state index >= 15 is 0 Å². The summed E-state index contributed by atoms with van der Waals surface area (Å²) in [4.78, 5) is 22.7. The largest absolute Gasteiger partial charge is 0.481 e. The van der Waals surface area contributed by atoms with E-state index < -0.39 is 5.97 Å². The quantitative estimate of drug-likeness (QED) is 0.612. The van der Waals surface area contributed by atoms with Crippen LogP contribution in [0.3, 0.4) is 0 Å². The molecule has 0 aliphatic heterocycles. The number of hydrogen-bond acceptors (Lipinski definition) is 3. The molecule has 1 unspecified atom stereocenters. The molecule has 0 bridgehead atoms. The maximum atomic E-state index is 11.9. The average molecular weight is 304 g/mol. The summed E-state index contributed by atoms with van der Waals surface area (Å²) < 4.78 is 0.0530. The highest BCUT2D eigenvalue weighted by Crippen LogP contribution is 2.29. The predicted molar refractivity (Wildman–Crippen MR) is 84.2 cm³/mol. The Bertz CT molecular complexity index is 309. The maximum absolute atomic E-state index is 11.9. The molecule has 3 N–H and O–H groups in total. The Morgan fingerprint density at radius 1 is 1.25 bits per heavy atom. The summed E-state index contributed by atoms with van der Waals surface area (Å²) in [5.41, 5.74) is 0. The molecule has 5 nitrogen and oxygen atoms in total. The number of urea groups is 1. The smallest absolute Gasteiger partial charge is 0.315 e. The Labute approximate surface area is 126 Å². The Morgan fingerprint density at radius 3 is 2.15 bits per heavy atom. The van der Waals surface area contributed by atoms with Crippen LogP contribution < -0.4 is 10.6 Å². The van der Waals surface area contributed by atoms with Crippen molar-refractivity contribution in [3.8, 4) is 0 Å². The second-order valence-corrected chi connectivity index (χ2v) is 6.64.